The number of oxime groups is 1. The predicted octanol–water partition coefficient (Wildman–Crippen LogP) is 1.69. The van der Waals surface area contributed by atoms with Crippen molar-refractivity contribution in [2.75, 3.05) is 0 Å². The predicted molar refractivity (Wildman–Crippen MR) is 70.3 cm³/mol. The normalized spacial score (nSPS) is 18.5. The first kappa shape index (κ1) is 13.5. The summed E-state index contributed by atoms with van der Waals surface area (Å²) in [6.07, 6.45) is 3.26. The van der Waals surface area contributed by atoms with Gasteiger partial charge in [-0.3, -0.25) is 4.79 Å². The van der Waals surface area contributed by atoms with Gasteiger partial charge in [0.1, 0.15) is 17.1 Å². The number of nitrogens with two attached hydrogens (primary N) is 1. The van der Waals surface area contributed by atoms with Crippen LogP contribution in [0.5, 0.6) is 0 Å². The van der Waals surface area contributed by atoms with Gasteiger partial charge >= 0.3 is 0 Å². The summed E-state index contributed by atoms with van der Waals surface area (Å²) in [6.45, 7) is 3.53. The van der Waals surface area contributed by atoms with E-state index in [4.69, 9.17) is 15.4 Å². The van der Waals surface area contributed by atoms with E-state index in [1.165, 1.54) is 0 Å². The van der Waals surface area contributed by atoms with Crippen molar-refractivity contribution in [1.29, 1.82) is 0 Å². The van der Waals surface area contributed by atoms with E-state index < -0.39 is 5.54 Å². The molecule has 0 aliphatic heterocycles. The van der Waals surface area contributed by atoms with Crippen molar-refractivity contribution in [3.63, 3.8) is 0 Å². The second kappa shape index (κ2) is 4.95. The molecule has 0 saturated heterocycles. The zero-order chi connectivity index (χ0) is 14.0. The quantitative estimate of drug-likeness (QED) is 0.335. The van der Waals surface area contributed by atoms with Crippen LogP contribution in [0.25, 0.3) is 0 Å². The molecule has 19 heavy (non-hydrogen) atoms. The van der Waals surface area contributed by atoms with Crippen LogP contribution in [0.3, 0.4) is 0 Å². The molecule has 1 aromatic rings. The number of rotatable bonds is 3. The second-order valence-corrected chi connectivity index (χ2v) is 5.06. The molecule has 104 valence electrons. The molecule has 1 amide bonds. The number of hydrogen-bond donors (Lipinski definition) is 3. The van der Waals surface area contributed by atoms with Gasteiger partial charge in [0, 0.05) is 0 Å². The highest BCUT2D eigenvalue weighted by Gasteiger charge is 2.40. The van der Waals surface area contributed by atoms with Crippen LogP contribution in [0.2, 0.25) is 0 Å². The van der Waals surface area contributed by atoms with Gasteiger partial charge in [-0.15, -0.1) is 0 Å². The monoisotopic (exact) mass is 265 g/mol. The Kier molecular flexibility index (Phi) is 3.50. The van der Waals surface area contributed by atoms with Gasteiger partial charge in [-0.2, -0.15) is 0 Å². The van der Waals surface area contributed by atoms with Crippen molar-refractivity contribution in [2.24, 2.45) is 10.9 Å². The summed E-state index contributed by atoms with van der Waals surface area (Å²) >= 11 is 0. The Morgan fingerprint density at radius 3 is 2.58 bits per heavy atom. The third kappa shape index (κ3) is 2.43. The Bertz CT molecular complexity index is 513. The van der Waals surface area contributed by atoms with Gasteiger partial charge in [-0.25, -0.2) is 0 Å². The van der Waals surface area contributed by atoms with Crippen LogP contribution in [0, 0.1) is 13.8 Å². The van der Waals surface area contributed by atoms with E-state index in [-0.39, 0.29) is 11.7 Å². The lowest BCUT2D eigenvalue weighted by molar-refractivity contribution is 0.0921. The summed E-state index contributed by atoms with van der Waals surface area (Å²) in [5.74, 6) is 1.08. The van der Waals surface area contributed by atoms with Crippen molar-refractivity contribution in [1.82, 2.24) is 5.32 Å². The number of amides is 1. The van der Waals surface area contributed by atoms with Gasteiger partial charge in [0.05, 0.1) is 5.56 Å². The molecule has 0 atom stereocenters. The highest BCUT2D eigenvalue weighted by molar-refractivity contribution is 6.01. The minimum atomic E-state index is -0.733. The zero-order valence-corrected chi connectivity index (χ0v) is 11.2. The molecular weight excluding hydrogens is 246 g/mol. The zero-order valence-electron chi connectivity index (χ0n) is 11.2. The smallest absolute Gasteiger partial charge is 0.255 e. The van der Waals surface area contributed by atoms with E-state index in [0.717, 1.165) is 12.8 Å². The van der Waals surface area contributed by atoms with Crippen molar-refractivity contribution in [3.05, 3.63) is 23.2 Å². The molecule has 0 spiro atoms. The van der Waals surface area contributed by atoms with E-state index in [0.29, 0.717) is 29.9 Å². The van der Waals surface area contributed by atoms with Gasteiger partial charge in [0.25, 0.3) is 5.91 Å². The SMILES string of the molecule is Cc1cc(C(=O)NC2(/C(N)=N/O)CCCC2)c(C)o1. The number of nitrogens with zero attached hydrogens (tertiary/aromatic N) is 1. The largest absolute Gasteiger partial charge is 0.466 e. The summed E-state index contributed by atoms with van der Waals surface area (Å²) in [4.78, 5) is 12.3. The molecule has 0 aromatic carbocycles. The minimum Gasteiger partial charge on any atom is -0.466 e. The third-order valence-electron chi connectivity index (χ3n) is 3.69. The number of furan rings is 1. The van der Waals surface area contributed by atoms with Gasteiger partial charge in [-0.1, -0.05) is 18.0 Å². The molecule has 6 heteroatoms. The molecule has 1 saturated carbocycles. The molecule has 6 nitrogen and oxygen atoms in total. The van der Waals surface area contributed by atoms with E-state index in [1.807, 2.05) is 0 Å². The van der Waals surface area contributed by atoms with Crippen LogP contribution in [-0.2, 0) is 0 Å². The fraction of sp³-hybridized carbons (Fsp3) is 0.538. The fourth-order valence-electron chi connectivity index (χ4n) is 2.66. The maximum Gasteiger partial charge on any atom is 0.255 e. The topological polar surface area (TPSA) is 101 Å². The van der Waals surface area contributed by atoms with Crippen molar-refractivity contribution in [2.45, 2.75) is 45.1 Å². The number of carbonyl (C=O) groups is 1. The molecule has 0 radical (unpaired) electrons. The van der Waals surface area contributed by atoms with Crippen LogP contribution >= 0.6 is 0 Å². The number of carbonyl (C=O) groups excluding carboxylic acids is 1. The first-order valence-electron chi connectivity index (χ1n) is 6.36. The lowest BCUT2D eigenvalue weighted by Crippen LogP contribution is -2.55. The molecule has 2 rings (SSSR count). The highest BCUT2D eigenvalue weighted by Crippen LogP contribution is 2.30. The fourth-order valence-corrected chi connectivity index (χ4v) is 2.66. The van der Waals surface area contributed by atoms with E-state index >= 15 is 0 Å². The molecule has 1 aromatic heterocycles. The molecule has 1 aliphatic carbocycles. The van der Waals surface area contributed by atoms with Crippen LogP contribution in [0.4, 0.5) is 0 Å². The molecule has 1 aliphatic rings. The summed E-state index contributed by atoms with van der Waals surface area (Å²) < 4.78 is 5.35. The van der Waals surface area contributed by atoms with Crippen LogP contribution in [0.1, 0.15) is 47.6 Å². The average Bonchev–Trinajstić information content (AvgIpc) is 2.96. The van der Waals surface area contributed by atoms with Crippen molar-refractivity contribution < 1.29 is 14.4 Å². The number of hydrogen-bond acceptors (Lipinski definition) is 4. The molecule has 1 fully saturated rings. The Labute approximate surface area is 111 Å². The number of aryl methyl sites for hydroxylation is 2. The number of amidine groups is 1. The Balaban J connectivity index is 2.23. The minimum absolute atomic E-state index is 0.0659. The van der Waals surface area contributed by atoms with Gasteiger partial charge in [0.15, 0.2) is 5.84 Å². The summed E-state index contributed by atoms with van der Waals surface area (Å²) in [6, 6.07) is 1.69. The molecule has 4 N–H and O–H groups in total. The molecule has 1 heterocycles. The maximum absolute atomic E-state index is 12.3. The molecular formula is C13H19N3O3. The van der Waals surface area contributed by atoms with Gasteiger partial charge < -0.3 is 20.7 Å². The second-order valence-electron chi connectivity index (χ2n) is 5.06. The van der Waals surface area contributed by atoms with Crippen molar-refractivity contribution >= 4 is 11.7 Å². The lowest BCUT2D eigenvalue weighted by Gasteiger charge is -2.28. The lowest BCUT2D eigenvalue weighted by atomic mass is 9.95. The summed E-state index contributed by atoms with van der Waals surface area (Å²) in [5, 5.41) is 14.9. The third-order valence-corrected chi connectivity index (χ3v) is 3.69. The van der Waals surface area contributed by atoms with Crippen LogP contribution in [-0.4, -0.2) is 22.5 Å². The summed E-state index contributed by atoms with van der Waals surface area (Å²) in [7, 11) is 0. The first-order chi connectivity index (χ1) is 8.98. The van der Waals surface area contributed by atoms with Crippen LogP contribution in [0.15, 0.2) is 15.6 Å². The van der Waals surface area contributed by atoms with Gasteiger partial charge in [0.2, 0.25) is 0 Å². The average molecular weight is 265 g/mol. The Morgan fingerprint density at radius 1 is 1.47 bits per heavy atom. The van der Waals surface area contributed by atoms with Gasteiger partial charge in [-0.05, 0) is 32.8 Å². The molecule has 0 bridgehead atoms. The van der Waals surface area contributed by atoms with Crippen LogP contribution < -0.4 is 11.1 Å². The van der Waals surface area contributed by atoms with Crippen molar-refractivity contribution in [3.8, 4) is 0 Å². The summed E-state index contributed by atoms with van der Waals surface area (Å²) in [5.41, 5.74) is 5.51. The first-order valence-corrected chi connectivity index (χ1v) is 6.36. The maximum atomic E-state index is 12.3. The van der Waals surface area contributed by atoms with E-state index in [1.54, 1.807) is 19.9 Å². The highest BCUT2D eigenvalue weighted by atomic mass is 16.4. The Hall–Kier alpha value is -1.98. The van der Waals surface area contributed by atoms with E-state index in [9.17, 15) is 4.79 Å². The number of nitrogens with one attached hydrogen (secondary N) is 1. The standard InChI is InChI=1S/C13H19N3O3/c1-8-7-10(9(2)19-8)11(17)15-13(12(14)16-18)5-3-4-6-13/h7,18H,3-6H2,1-2H3,(H2,14,16)(H,15,17). The Morgan fingerprint density at radius 2 is 2.11 bits per heavy atom. The molecule has 0 unspecified atom stereocenters. The van der Waals surface area contributed by atoms with E-state index in [2.05, 4.69) is 10.5 Å².